The Morgan fingerprint density at radius 1 is 0.957 bits per heavy atom. The van der Waals surface area contributed by atoms with Crippen molar-refractivity contribution >= 4 is 10.9 Å². The Balaban J connectivity index is 1.39. The molecule has 2 aromatic heterocycles. The molecule has 2 heterocycles. The normalized spacial score (nSPS) is 11.1. The molecule has 0 aliphatic heterocycles. The molecule has 2 aromatic carbocycles. The highest BCUT2D eigenvalue weighted by molar-refractivity contribution is 5.80. The molecule has 0 atom stereocenters. The molecule has 2 N–H and O–H groups in total. The van der Waals surface area contributed by atoms with Crippen LogP contribution in [0.1, 0.15) is 11.4 Å². The summed E-state index contributed by atoms with van der Waals surface area (Å²) in [6, 6.07) is 20.4. The van der Waals surface area contributed by atoms with Crippen LogP contribution >= 0.6 is 0 Å². The van der Waals surface area contributed by atoms with Crippen LogP contribution in [0.2, 0.25) is 0 Å². The van der Waals surface area contributed by atoms with Gasteiger partial charge in [0, 0.05) is 29.9 Å². The summed E-state index contributed by atoms with van der Waals surface area (Å²) in [5, 5.41) is 4.62. The van der Waals surface area contributed by atoms with E-state index in [1.165, 1.54) is 5.39 Å². The van der Waals surface area contributed by atoms with Crippen LogP contribution in [-0.4, -0.2) is 9.97 Å². The number of hydrogen-bond acceptors (Lipinski definition) is 3. The second kappa shape index (κ2) is 6.10. The molecule has 4 aromatic rings. The van der Waals surface area contributed by atoms with Crippen molar-refractivity contribution in [3.8, 4) is 11.5 Å². The molecule has 23 heavy (non-hydrogen) atoms. The standard InChI is InChI=1S/C19H17N3O/c1-2-6-14(7-3-1)19-22-17(13-23-19)12-20-11-16-10-15-8-4-5-9-18(15)21-16/h1-10,13,20-21H,11-12H2. The zero-order valence-electron chi connectivity index (χ0n) is 12.6. The van der Waals surface area contributed by atoms with E-state index in [0.29, 0.717) is 12.4 Å². The largest absolute Gasteiger partial charge is 0.444 e. The number of aromatic nitrogens is 2. The molecule has 4 rings (SSSR count). The molecule has 0 fully saturated rings. The summed E-state index contributed by atoms with van der Waals surface area (Å²) in [7, 11) is 0. The summed E-state index contributed by atoms with van der Waals surface area (Å²) in [6.07, 6.45) is 1.71. The maximum atomic E-state index is 5.54. The van der Waals surface area contributed by atoms with Gasteiger partial charge in [0.05, 0.1) is 5.69 Å². The third-order valence-corrected chi connectivity index (χ3v) is 3.78. The van der Waals surface area contributed by atoms with Crippen molar-refractivity contribution in [3.63, 3.8) is 0 Å². The number of benzene rings is 2. The zero-order chi connectivity index (χ0) is 15.5. The average molecular weight is 303 g/mol. The molecule has 0 aliphatic rings. The molecule has 0 unspecified atom stereocenters. The number of nitrogens with zero attached hydrogens (tertiary/aromatic N) is 1. The van der Waals surface area contributed by atoms with E-state index in [9.17, 15) is 0 Å². The Hall–Kier alpha value is -2.85. The Labute approximate surface area is 134 Å². The van der Waals surface area contributed by atoms with Crippen LogP contribution in [-0.2, 0) is 13.1 Å². The summed E-state index contributed by atoms with van der Waals surface area (Å²) >= 11 is 0. The molecule has 4 heteroatoms. The number of hydrogen-bond donors (Lipinski definition) is 2. The van der Waals surface area contributed by atoms with Crippen LogP contribution in [0.25, 0.3) is 22.4 Å². The first-order chi connectivity index (χ1) is 11.4. The van der Waals surface area contributed by atoms with Gasteiger partial charge in [0.1, 0.15) is 6.26 Å². The molecule has 0 saturated carbocycles. The second-order valence-electron chi connectivity index (χ2n) is 5.50. The van der Waals surface area contributed by atoms with E-state index in [-0.39, 0.29) is 0 Å². The van der Waals surface area contributed by atoms with E-state index in [2.05, 4.69) is 33.5 Å². The quantitative estimate of drug-likeness (QED) is 0.583. The van der Waals surface area contributed by atoms with Crippen molar-refractivity contribution in [3.05, 3.63) is 78.3 Å². The molecule has 0 spiro atoms. The van der Waals surface area contributed by atoms with Crippen molar-refractivity contribution < 1.29 is 4.42 Å². The summed E-state index contributed by atoms with van der Waals surface area (Å²) in [5.41, 5.74) is 4.23. The molecular weight excluding hydrogens is 286 g/mol. The van der Waals surface area contributed by atoms with Crippen LogP contribution in [0.4, 0.5) is 0 Å². The smallest absolute Gasteiger partial charge is 0.226 e. The second-order valence-corrected chi connectivity index (χ2v) is 5.50. The average Bonchev–Trinajstić information content (AvgIpc) is 3.22. The molecule has 0 bridgehead atoms. The topological polar surface area (TPSA) is 53.9 Å². The van der Waals surface area contributed by atoms with E-state index in [0.717, 1.165) is 29.0 Å². The Morgan fingerprint density at radius 3 is 2.65 bits per heavy atom. The SMILES string of the molecule is c1ccc(-c2nc(CNCc3cc4ccccc4[nH]3)co2)cc1. The number of oxazole rings is 1. The Bertz CT molecular complexity index is 875. The van der Waals surface area contributed by atoms with Gasteiger partial charge in [-0.25, -0.2) is 4.98 Å². The lowest BCUT2D eigenvalue weighted by molar-refractivity contribution is 0.570. The van der Waals surface area contributed by atoms with Gasteiger partial charge in [0.2, 0.25) is 5.89 Å². The van der Waals surface area contributed by atoms with Gasteiger partial charge in [-0.3, -0.25) is 0 Å². The fraction of sp³-hybridized carbons (Fsp3) is 0.105. The predicted molar refractivity (Wildman–Crippen MR) is 90.8 cm³/mol. The number of nitrogens with one attached hydrogen (secondary N) is 2. The highest BCUT2D eigenvalue weighted by atomic mass is 16.3. The van der Waals surface area contributed by atoms with Gasteiger partial charge in [-0.1, -0.05) is 36.4 Å². The number of H-pyrrole nitrogens is 1. The van der Waals surface area contributed by atoms with Gasteiger partial charge in [-0.2, -0.15) is 0 Å². The minimum absolute atomic E-state index is 0.660. The van der Waals surface area contributed by atoms with Crippen molar-refractivity contribution in [1.29, 1.82) is 0 Å². The van der Waals surface area contributed by atoms with Crippen LogP contribution in [0.15, 0.2) is 71.3 Å². The third kappa shape index (κ3) is 3.03. The lowest BCUT2D eigenvalue weighted by Crippen LogP contribution is -2.13. The van der Waals surface area contributed by atoms with Gasteiger partial charge in [0.15, 0.2) is 0 Å². The monoisotopic (exact) mass is 303 g/mol. The third-order valence-electron chi connectivity index (χ3n) is 3.78. The van der Waals surface area contributed by atoms with E-state index < -0.39 is 0 Å². The number of rotatable bonds is 5. The maximum absolute atomic E-state index is 5.54. The minimum atomic E-state index is 0.660. The molecule has 0 radical (unpaired) electrons. The summed E-state index contributed by atoms with van der Waals surface area (Å²) in [6.45, 7) is 1.44. The number of aromatic amines is 1. The Kier molecular flexibility index (Phi) is 3.66. The zero-order valence-corrected chi connectivity index (χ0v) is 12.6. The van der Waals surface area contributed by atoms with Gasteiger partial charge >= 0.3 is 0 Å². The fourth-order valence-electron chi connectivity index (χ4n) is 2.66. The van der Waals surface area contributed by atoms with E-state index in [1.807, 2.05) is 42.5 Å². The van der Waals surface area contributed by atoms with Gasteiger partial charge in [-0.15, -0.1) is 0 Å². The van der Waals surface area contributed by atoms with Crippen LogP contribution in [0.5, 0.6) is 0 Å². The molecular formula is C19H17N3O. The van der Waals surface area contributed by atoms with Crippen molar-refractivity contribution in [2.75, 3.05) is 0 Å². The van der Waals surface area contributed by atoms with Gasteiger partial charge < -0.3 is 14.7 Å². The van der Waals surface area contributed by atoms with E-state index in [4.69, 9.17) is 4.42 Å². The first kappa shape index (κ1) is 13.8. The molecule has 0 aliphatic carbocycles. The van der Waals surface area contributed by atoms with Gasteiger partial charge in [0.25, 0.3) is 0 Å². The predicted octanol–water partition coefficient (Wildman–Crippen LogP) is 4.11. The van der Waals surface area contributed by atoms with Crippen molar-refractivity contribution in [2.45, 2.75) is 13.1 Å². The summed E-state index contributed by atoms with van der Waals surface area (Å²) < 4.78 is 5.54. The number of fused-ring (bicyclic) bond motifs is 1. The molecule has 114 valence electrons. The first-order valence-corrected chi connectivity index (χ1v) is 7.66. The lowest BCUT2D eigenvalue weighted by atomic mass is 10.2. The van der Waals surface area contributed by atoms with Crippen molar-refractivity contribution in [1.82, 2.24) is 15.3 Å². The first-order valence-electron chi connectivity index (χ1n) is 7.66. The number of para-hydroxylation sites is 1. The maximum Gasteiger partial charge on any atom is 0.226 e. The molecule has 0 saturated heterocycles. The molecule has 4 nitrogen and oxygen atoms in total. The van der Waals surface area contributed by atoms with Crippen molar-refractivity contribution in [2.24, 2.45) is 0 Å². The summed E-state index contributed by atoms with van der Waals surface area (Å²) in [4.78, 5) is 7.92. The highest BCUT2D eigenvalue weighted by Crippen LogP contribution is 2.18. The van der Waals surface area contributed by atoms with E-state index in [1.54, 1.807) is 6.26 Å². The van der Waals surface area contributed by atoms with Crippen LogP contribution in [0.3, 0.4) is 0 Å². The van der Waals surface area contributed by atoms with Gasteiger partial charge in [-0.05, 0) is 29.7 Å². The lowest BCUT2D eigenvalue weighted by Gasteiger charge is -1.99. The van der Waals surface area contributed by atoms with Crippen LogP contribution < -0.4 is 5.32 Å². The minimum Gasteiger partial charge on any atom is -0.444 e. The fourth-order valence-corrected chi connectivity index (χ4v) is 2.66. The van der Waals surface area contributed by atoms with Crippen LogP contribution in [0, 0.1) is 0 Å². The Morgan fingerprint density at radius 2 is 1.78 bits per heavy atom. The summed E-state index contributed by atoms with van der Waals surface area (Å²) in [5.74, 6) is 0.660. The molecule has 0 amide bonds. The van der Waals surface area contributed by atoms with E-state index >= 15 is 0 Å². The highest BCUT2D eigenvalue weighted by Gasteiger charge is 2.06.